The molecule has 0 unspecified atom stereocenters. The Hall–Kier alpha value is -2.30. The van der Waals surface area contributed by atoms with E-state index in [1.165, 1.54) is 7.11 Å². The summed E-state index contributed by atoms with van der Waals surface area (Å²) in [6.07, 6.45) is 4.36. The van der Waals surface area contributed by atoms with Gasteiger partial charge < -0.3 is 15.0 Å². The number of nitrogens with two attached hydrogens (primary N) is 1. The molecule has 0 amide bonds. The zero-order valence-corrected chi connectivity index (χ0v) is 11.1. The van der Waals surface area contributed by atoms with Crippen LogP contribution in [0.3, 0.4) is 0 Å². The number of rotatable bonds is 5. The van der Waals surface area contributed by atoms with Gasteiger partial charge in [0.1, 0.15) is 5.75 Å². The third-order valence-electron chi connectivity index (χ3n) is 2.91. The monoisotopic (exact) mass is 259 g/mol. The number of hydrogen-bond acceptors (Lipinski definition) is 4. The Morgan fingerprint density at radius 2 is 2.26 bits per heavy atom. The van der Waals surface area contributed by atoms with Gasteiger partial charge in [-0.2, -0.15) is 0 Å². The Morgan fingerprint density at radius 3 is 2.95 bits per heavy atom. The van der Waals surface area contributed by atoms with Gasteiger partial charge in [-0.05, 0) is 18.6 Å². The molecule has 0 atom stereocenters. The number of aromatic nitrogens is 2. The minimum absolute atomic E-state index is 0.185. The van der Waals surface area contributed by atoms with E-state index in [0.29, 0.717) is 22.8 Å². The minimum Gasteiger partial charge on any atom is -0.495 e. The molecular weight excluding hydrogens is 242 g/mol. The van der Waals surface area contributed by atoms with E-state index in [0.717, 1.165) is 13.0 Å². The summed E-state index contributed by atoms with van der Waals surface area (Å²) in [4.78, 5) is 16.6. The van der Waals surface area contributed by atoms with Crippen molar-refractivity contribution in [3.05, 3.63) is 42.0 Å². The molecule has 0 fully saturated rings. The first-order valence-corrected chi connectivity index (χ1v) is 6.17. The largest absolute Gasteiger partial charge is 0.495 e. The summed E-state index contributed by atoms with van der Waals surface area (Å²) in [6.45, 7) is 2.80. The van der Waals surface area contributed by atoms with Crippen molar-refractivity contribution in [2.24, 2.45) is 0 Å². The van der Waals surface area contributed by atoms with Crippen LogP contribution in [0.5, 0.6) is 5.75 Å². The topological polar surface area (TPSA) is 70.1 Å². The SMILES string of the molecule is CCCn1ccnc1C(=O)c1cccc(OC)c1N. The molecule has 0 bridgehead atoms. The molecule has 2 aromatic rings. The maximum atomic E-state index is 12.5. The Kier molecular flexibility index (Phi) is 3.85. The predicted molar refractivity (Wildman–Crippen MR) is 73.4 cm³/mol. The standard InChI is InChI=1S/C14H17N3O2/c1-3-8-17-9-7-16-14(17)13(18)10-5-4-6-11(19-2)12(10)15/h4-7,9H,3,8,15H2,1-2H3. The summed E-state index contributed by atoms with van der Waals surface area (Å²) in [6, 6.07) is 5.16. The number of para-hydroxylation sites is 1. The van der Waals surface area contributed by atoms with Crippen molar-refractivity contribution in [2.75, 3.05) is 12.8 Å². The van der Waals surface area contributed by atoms with E-state index in [9.17, 15) is 4.79 Å². The van der Waals surface area contributed by atoms with Crippen molar-refractivity contribution in [3.63, 3.8) is 0 Å². The number of anilines is 1. The van der Waals surface area contributed by atoms with Crippen LogP contribution in [0.1, 0.15) is 29.5 Å². The van der Waals surface area contributed by atoms with E-state index in [-0.39, 0.29) is 5.78 Å². The normalized spacial score (nSPS) is 10.4. The Labute approximate surface area is 112 Å². The lowest BCUT2D eigenvalue weighted by molar-refractivity contribution is 0.102. The molecule has 100 valence electrons. The van der Waals surface area contributed by atoms with Gasteiger partial charge in [-0.1, -0.05) is 13.0 Å². The third-order valence-corrected chi connectivity index (χ3v) is 2.91. The van der Waals surface area contributed by atoms with Crippen LogP contribution < -0.4 is 10.5 Å². The van der Waals surface area contributed by atoms with Crippen LogP contribution >= 0.6 is 0 Å². The molecule has 0 saturated heterocycles. The minimum atomic E-state index is -0.185. The van der Waals surface area contributed by atoms with E-state index in [1.54, 1.807) is 30.6 Å². The Bertz CT molecular complexity index is 590. The molecule has 0 saturated carbocycles. The average molecular weight is 259 g/mol. The third kappa shape index (κ3) is 2.45. The molecule has 0 aliphatic rings. The number of aryl methyl sites for hydroxylation is 1. The molecule has 5 nitrogen and oxygen atoms in total. The van der Waals surface area contributed by atoms with Gasteiger partial charge in [0.15, 0.2) is 5.82 Å². The van der Waals surface area contributed by atoms with Gasteiger partial charge in [-0.15, -0.1) is 0 Å². The molecule has 2 N–H and O–H groups in total. The molecule has 5 heteroatoms. The lowest BCUT2D eigenvalue weighted by Crippen LogP contribution is -2.13. The quantitative estimate of drug-likeness (QED) is 0.659. The molecule has 1 aromatic carbocycles. The second-order valence-corrected chi connectivity index (χ2v) is 4.19. The maximum Gasteiger partial charge on any atom is 0.230 e. The number of nitrogens with zero attached hydrogens (tertiary/aromatic N) is 2. The number of ketones is 1. The molecule has 2 rings (SSSR count). The van der Waals surface area contributed by atoms with E-state index in [4.69, 9.17) is 10.5 Å². The van der Waals surface area contributed by atoms with Gasteiger partial charge in [-0.25, -0.2) is 4.98 Å². The number of nitrogen functional groups attached to an aromatic ring is 1. The molecule has 19 heavy (non-hydrogen) atoms. The Balaban J connectivity index is 2.41. The number of ether oxygens (including phenoxy) is 1. The molecular formula is C14H17N3O2. The zero-order chi connectivity index (χ0) is 13.8. The summed E-state index contributed by atoms with van der Waals surface area (Å²) in [5, 5.41) is 0. The summed E-state index contributed by atoms with van der Waals surface area (Å²) >= 11 is 0. The maximum absolute atomic E-state index is 12.5. The highest BCUT2D eigenvalue weighted by Crippen LogP contribution is 2.26. The Morgan fingerprint density at radius 1 is 1.47 bits per heavy atom. The molecule has 0 spiro atoms. The number of carbonyl (C=O) groups excluding carboxylic acids is 1. The number of imidazole rings is 1. The average Bonchev–Trinajstić information content (AvgIpc) is 2.87. The van der Waals surface area contributed by atoms with Crippen LogP contribution in [0, 0.1) is 0 Å². The molecule has 0 radical (unpaired) electrons. The van der Waals surface area contributed by atoms with E-state index in [2.05, 4.69) is 4.98 Å². The van der Waals surface area contributed by atoms with Gasteiger partial charge in [-0.3, -0.25) is 4.79 Å². The van der Waals surface area contributed by atoms with Crippen molar-refractivity contribution >= 4 is 11.5 Å². The molecule has 1 aromatic heterocycles. The van der Waals surface area contributed by atoms with Gasteiger partial charge >= 0.3 is 0 Å². The smallest absolute Gasteiger partial charge is 0.230 e. The van der Waals surface area contributed by atoms with E-state index in [1.807, 2.05) is 11.5 Å². The fraction of sp³-hybridized carbons (Fsp3) is 0.286. The van der Waals surface area contributed by atoms with E-state index >= 15 is 0 Å². The highest BCUT2D eigenvalue weighted by molar-refractivity contribution is 6.10. The first-order valence-electron chi connectivity index (χ1n) is 6.17. The van der Waals surface area contributed by atoms with Crippen molar-refractivity contribution in [1.82, 2.24) is 9.55 Å². The van der Waals surface area contributed by atoms with Gasteiger partial charge in [0.05, 0.1) is 18.4 Å². The first kappa shape index (κ1) is 13.1. The van der Waals surface area contributed by atoms with Crippen molar-refractivity contribution in [2.45, 2.75) is 19.9 Å². The number of methoxy groups -OCH3 is 1. The van der Waals surface area contributed by atoms with Crippen LogP contribution in [-0.2, 0) is 6.54 Å². The molecule has 1 heterocycles. The van der Waals surface area contributed by atoms with Crippen molar-refractivity contribution < 1.29 is 9.53 Å². The number of carbonyl (C=O) groups is 1. The van der Waals surface area contributed by atoms with Crippen molar-refractivity contribution in [1.29, 1.82) is 0 Å². The van der Waals surface area contributed by atoms with E-state index < -0.39 is 0 Å². The predicted octanol–water partition coefficient (Wildman–Crippen LogP) is 2.11. The first-order chi connectivity index (χ1) is 9.19. The summed E-state index contributed by atoms with van der Waals surface area (Å²) in [5.41, 5.74) is 6.71. The zero-order valence-electron chi connectivity index (χ0n) is 11.1. The van der Waals surface area contributed by atoms with Crippen LogP contribution in [-0.4, -0.2) is 22.4 Å². The molecule has 0 aliphatic heterocycles. The van der Waals surface area contributed by atoms with Crippen LogP contribution in [0.2, 0.25) is 0 Å². The van der Waals surface area contributed by atoms with Crippen LogP contribution in [0.4, 0.5) is 5.69 Å². The molecule has 0 aliphatic carbocycles. The van der Waals surface area contributed by atoms with Crippen LogP contribution in [0.25, 0.3) is 0 Å². The van der Waals surface area contributed by atoms with Gasteiger partial charge in [0, 0.05) is 18.9 Å². The highest BCUT2D eigenvalue weighted by atomic mass is 16.5. The van der Waals surface area contributed by atoms with Gasteiger partial charge in [0.2, 0.25) is 5.78 Å². The fourth-order valence-corrected chi connectivity index (χ4v) is 1.98. The highest BCUT2D eigenvalue weighted by Gasteiger charge is 2.19. The fourth-order valence-electron chi connectivity index (χ4n) is 1.98. The number of benzene rings is 1. The lowest BCUT2D eigenvalue weighted by Gasteiger charge is -2.10. The lowest BCUT2D eigenvalue weighted by atomic mass is 10.1. The van der Waals surface area contributed by atoms with Crippen molar-refractivity contribution in [3.8, 4) is 5.75 Å². The second kappa shape index (κ2) is 5.56. The summed E-state index contributed by atoms with van der Waals surface area (Å²) in [7, 11) is 1.53. The summed E-state index contributed by atoms with van der Waals surface area (Å²) in [5.74, 6) is 0.719. The summed E-state index contributed by atoms with van der Waals surface area (Å²) < 4.78 is 6.96. The number of hydrogen-bond donors (Lipinski definition) is 1. The van der Waals surface area contributed by atoms with Gasteiger partial charge in [0.25, 0.3) is 0 Å². The second-order valence-electron chi connectivity index (χ2n) is 4.19. The van der Waals surface area contributed by atoms with Crippen LogP contribution in [0.15, 0.2) is 30.6 Å².